The standard InChI is InChI=1S/C22H28ClN7O2/c1-22(2,3)27-21(31)29-11-9-28(10-12-29)19-15-13-24-30(17-8-6-5-7-16(17)23)20(15)26-18(25-19)14-32-4/h5-8,13H,9-12,14H2,1-4H3,(H,27,31). The summed E-state index contributed by atoms with van der Waals surface area (Å²) in [6, 6.07) is 7.47. The van der Waals surface area contributed by atoms with E-state index in [1.54, 1.807) is 18.0 Å². The Morgan fingerprint density at radius 3 is 2.53 bits per heavy atom. The average Bonchev–Trinajstić information content (AvgIpc) is 3.16. The van der Waals surface area contributed by atoms with E-state index in [0.717, 1.165) is 16.9 Å². The molecular formula is C22H28ClN7O2. The van der Waals surface area contributed by atoms with Gasteiger partial charge in [-0.3, -0.25) is 0 Å². The zero-order valence-corrected chi connectivity index (χ0v) is 19.6. The molecule has 9 nitrogen and oxygen atoms in total. The van der Waals surface area contributed by atoms with Gasteiger partial charge in [-0.1, -0.05) is 23.7 Å². The molecule has 0 bridgehead atoms. The Labute approximate surface area is 192 Å². The number of nitrogens with zero attached hydrogens (tertiary/aromatic N) is 6. The number of ether oxygens (including phenoxy) is 1. The number of anilines is 1. The summed E-state index contributed by atoms with van der Waals surface area (Å²) in [5.74, 6) is 1.35. The van der Waals surface area contributed by atoms with E-state index in [4.69, 9.17) is 21.3 Å². The number of aromatic nitrogens is 4. The normalized spacial score (nSPS) is 14.8. The molecule has 0 unspecified atom stereocenters. The molecule has 10 heteroatoms. The predicted molar refractivity (Wildman–Crippen MR) is 124 cm³/mol. The Balaban J connectivity index is 1.65. The number of urea groups is 1. The molecule has 0 radical (unpaired) electrons. The molecule has 3 heterocycles. The zero-order valence-electron chi connectivity index (χ0n) is 18.8. The Morgan fingerprint density at radius 1 is 1.16 bits per heavy atom. The maximum absolute atomic E-state index is 12.5. The molecule has 32 heavy (non-hydrogen) atoms. The van der Waals surface area contributed by atoms with Crippen LogP contribution in [0.5, 0.6) is 0 Å². The molecule has 1 saturated heterocycles. The first-order valence-electron chi connectivity index (χ1n) is 10.6. The molecule has 3 aromatic rings. The van der Waals surface area contributed by atoms with E-state index < -0.39 is 0 Å². The topological polar surface area (TPSA) is 88.4 Å². The molecular weight excluding hydrogens is 430 g/mol. The molecule has 0 spiro atoms. The third-order valence-corrected chi connectivity index (χ3v) is 5.48. The Morgan fingerprint density at radius 2 is 1.88 bits per heavy atom. The highest BCUT2D eigenvalue weighted by Crippen LogP contribution is 2.29. The van der Waals surface area contributed by atoms with Gasteiger partial charge in [0.25, 0.3) is 0 Å². The van der Waals surface area contributed by atoms with E-state index in [2.05, 4.69) is 20.3 Å². The highest BCUT2D eigenvalue weighted by molar-refractivity contribution is 6.32. The number of carbonyl (C=O) groups excluding carboxylic acids is 1. The molecule has 1 fully saturated rings. The highest BCUT2D eigenvalue weighted by atomic mass is 35.5. The molecule has 1 N–H and O–H groups in total. The smallest absolute Gasteiger partial charge is 0.317 e. The molecule has 1 aliphatic heterocycles. The molecule has 170 valence electrons. The third kappa shape index (κ3) is 4.63. The number of fused-ring (bicyclic) bond motifs is 1. The van der Waals surface area contributed by atoms with E-state index in [9.17, 15) is 4.79 Å². The summed E-state index contributed by atoms with van der Waals surface area (Å²) in [7, 11) is 1.62. The van der Waals surface area contributed by atoms with Crippen molar-refractivity contribution in [3.63, 3.8) is 0 Å². The lowest BCUT2D eigenvalue weighted by atomic mass is 10.1. The number of halogens is 1. The average molecular weight is 458 g/mol. The van der Waals surface area contributed by atoms with Gasteiger partial charge in [0.15, 0.2) is 11.5 Å². The fourth-order valence-corrected chi connectivity index (χ4v) is 3.91. The van der Waals surface area contributed by atoms with Crippen LogP contribution in [0.25, 0.3) is 16.7 Å². The van der Waals surface area contributed by atoms with E-state index in [1.165, 1.54) is 0 Å². The Kier molecular flexibility index (Phi) is 6.21. The molecule has 0 aliphatic carbocycles. The third-order valence-electron chi connectivity index (χ3n) is 5.16. The number of methoxy groups -OCH3 is 1. The lowest BCUT2D eigenvalue weighted by Gasteiger charge is -2.37. The number of carbonyl (C=O) groups is 1. The Hall–Kier alpha value is -2.91. The van der Waals surface area contributed by atoms with Crippen molar-refractivity contribution in [3.05, 3.63) is 41.3 Å². The van der Waals surface area contributed by atoms with E-state index in [1.807, 2.05) is 49.9 Å². The number of hydrogen-bond acceptors (Lipinski definition) is 6. The van der Waals surface area contributed by atoms with Crippen LogP contribution in [0.4, 0.5) is 10.6 Å². The van der Waals surface area contributed by atoms with Crippen LogP contribution in [-0.2, 0) is 11.3 Å². The van der Waals surface area contributed by atoms with Crippen molar-refractivity contribution in [3.8, 4) is 5.69 Å². The summed E-state index contributed by atoms with van der Waals surface area (Å²) < 4.78 is 7.03. The SMILES string of the molecule is COCc1nc(N2CCN(C(=O)NC(C)(C)C)CC2)c2cnn(-c3ccccc3Cl)c2n1. The van der Waals surface area contributed by atoms with Crippen LogP contribution in [-0.4, -0.2) is 69.5 Å². The molecule has 1 aliphatic rings. The second-order valence-electron chi connectivity index (χ2n) is 8.80. The summed E-state index contributed by atoms with van der Waals surface area (Å²) in [5, 5.41) is 9.00. The van der Waals surface area contributed by atoms with Crippen molar-refractivity contribution >= 4 is 34.5 Å². The zero-order chi connectivity index (χ0) is 22.9. The summed E-state index contributed by atoms with van der Waals surface area (Å²) in [6.07, 6.45) is 1.77. The predicted octanol–water partition coefficient (Wildman–Crippen LogP) is 3.25. The number of rotatable bonds is 4. The number of piperazine rings is 1. The van der Waals surface area contributed by atoms with Gasteiger partial charge in [0.2, 0.25) is 0 Å². The van der Waals surface area contributed by atoms with Gasteiger partial charge in [0.1, 0.15) is 12.4 Å². The van der Waals surface area contributed by atoms with Crippen LogP contribution in [0.15, 0.2) is 30.5 Å². The summed E-state index contributed by atoms with van der Waals surface area (Å²) in [6.45, 7) is 8.74. The molecule has 1 aromatic carbocycles. The van der Waals surface area contributed by atoms with Crippen molar-refractivity contribution in [2.45, 2.75) is 32.9 Å². The largest absolute Gasteiger partial charge is 0.377 e. The van der Waals surface area contributed by atoms with Gasteiger partial charge in [-0.15, -0.1) is 0 Å². The van der Waals surface area contributed by atoms with Gasteiger partial charge >= 0.3 is 6.03 Å². The highest BCUT2D eigenvalue weighted by Gasteiger charge is 2.27. The second-order valence-corrected chi connectivity index (χ2v) is 9.20. The van der Waals surface area contributed by atoms with Gasteiger partial charge in [0.05, 0.1) is 22.3 Å². The summed E-state index contributed by atoms with van der Waals surface area (Å²) in [5.41, 5.74) is 1.15. The number of para-hydroxylation sites is 1. The first kappa shape index (κ1) is 22.3. The van der Waals surface area contributed by atoms with Crippen LogP contribution in [0.2, 0.25) is 5.02 Å². The molecule has 2 aromatic heterocycles. The maximum Gasteiger partial charge on any atom is 0.317 e. The molecule has 0 saturated carbocycles. The lowest BCUT2D eigenvalue weighted by Crippen LogP contribution is -2.55. The lowest BCUT2D eigenvalue weighted by molar-refractivity contribution is 0.178. The maximum atomic E-state index is 12.5. The van der Waals surface area contributed by atoms with Gasteiger partial charge in [-0.25, -0.2) is 19.4 Å². The Bertz CT molecular complexity index is 1120. The van der Waals surface area contributed by atoms with Crippen molar-refractivity contribution in [2.24, 2.45) is 0 Å². The van der Waals surface area contributed by atoms with Crippen LogP contribution in [0.3, 0.4) is 0 Å². The molecule has 4 rings (SSSR count). The van der Waals surface area contributed by atoms with Gasteiger partial charge in [-0.05, 0) is 32.9 Å². The van der Waals surface area contributed by atoms with Crippen LogP contribution in [0, 0.1) is 0 Å². The van der Waals surface area contributed by atoms with Crippen LogP contribution >= 0.6 is 11.6 Å². The monoisotopic (exact) mass is 457 g/mol. The van der Waals surface area contributed by atoms with E-state index in [0.29, 0.717) is 42.7 Å². The minimum atomic E-state index is -0.268. The van der Waals surface area contributed by atoms with E-state index in [-0.39, 0.29) is 18.2 Å². The van der Waals surface area contributed by atoms with Crippen LogP contribution < -0.4 is 10.2 Å². The van der Waals surface area contributed by atoms with Crippen molar-refractivity contribution in [2.75, 3.05) is 38.2 Å². The van der Waals surface area contributed by atoms with Gasteiger partial charge in [0, 0.05) is 38.8 Å². The van der Waals surface area contributed by atoms with Gasteiger partial charge < -0.3 is 19.9 Å². The van der Waals surface area contributed by atoms with Crippen molar-refractivity contribution < 1.29 is 9.53 Å². The molecule has 0 atom stereocenters. The summed E-state index contributed by atoms with van der Waals surface area (Å²) >= 11 is 6.41. The van der Waals surface area contributed by atoms with Gasteiger partial charge in [-0.2, -0.15) is 5.10 Å². The number of amides is 2. The molecule has 2 amide bonds. The summed E-state index contributed by atoms with van der Waals surface area (Å²) in [4.78, 5) is 26.0. The first-order chi connectivity index (χ1) is 15.3. The fraction of sp³-hybridized carbons (Fsp3) is 0.455. The minimum Gasteiger partial charge on any atom is -0.377 e. The van der Waals surface area contributed by atoms with Crippen LogP contribution in [0.1, 0.15) is 26.6 Å². The number of nitrogens with one attached hydrogen (secondary N) is 1. The van der Waals surface area contributed by atoms with Crippen molar-refractivity contribution in [1.82, 2.24) is 30.0 Å². The number of benzene rings is 1. The minimum absolute atomic E-state index is 0.0448. The first-order valence-corrected chi connectivity index (χ1v) is 10.9. The van der Waals surface area contributed by atoms with Crippen molar-refractivity contribution in [1.29, 1.82) is 0 Å². The number of hydrogen-bond donors (Lipinski definition) is 1. The van der Waals surface area contributed by atoms with E-state index >= 15 is 0 Å². The quantitative estimate of drug-likeness (QED) is 0.647. The fourth-order valence-electron chi connectivity index (χ4n) is 3.69. The second kappa shape index (κ2) is 8.91.